The number of aryl methyl sites for hydroxylation is 1. The Morgan fingerprint density at radius 3 is 2.88 bits per heavy atom. The molecule has 4 heteroatoms. The number of ether oxygens (including phenoxy) is 1. The molecular weight excluding hydrogens is 238 g/mol. The van der Waals surface area contributed by atoms with Crippen molar-refractivity contribution in [2.24, 2.45) is 0 Å². The Morgan fingerprint density at radius 2 is 2.24 bits per heavy atom. The molecule has 1 aliphatic heterocycles. The fourth-order valence-corrected chi connectivity index (χ4v) is 2.39. The molecule has 0 radical (unpaired) electrons. The van der Waals surface area contributed by atoms with Crippen LogP contribution in [-0.2, 0) is 0 Å². The van der Waals surface area contributed by atoms with Crippen LogP contribution in [0.4, 0.5) is 5.69 Å². The van der Waals surface area contributed by atoms with E-state index in [1.165, 1.54) is 0 Å². The molecule has 1 saturated heterocycles. The fraction of sp³-hybridized carbons (Fsp3) is 0.538. The molecule has 0 spiro atoms. The average molecular weight is 256 g/mol. The summed E-state index contributed by atoms with van der Waals surface area (Å²) in [6.45, 7) is 3.59. The molecule has 1 fully saturated rings. The van der Waals surface area contributed by atoms with E-state index in [-0.39, 0.29) is 6.10 Å². The largest absolute Gasteiger partial charge is 0.495 e. The van der Waals surface area contributed by atoms with E-state index in [9.17, 15) is 5.11 Å². The van der Waals surface area contributed by atoms with Crippen LogP contribution < -0.4 is 9.64 Å². The summed E-state index contributed by atoms with van der Waals surface area (Å²) in [7, 11) is 1.64. The van der Waals surface area contributed by atoms with E-state index in [2.05, 4.69) is 4.90 Å². The number of aliphatic hydroxyl groups excluding tert-OH is 1. The van der Waals surface area contributed by atoms with Crippen LogP contribution in [0, 0.1) is 6.92 Å². The fourth-order valence-electron chi connectivity index (χ4n) is 2.23. The normalized spacial score (nSPS) is 20.5. The maximum Gasteiger partial charge on any atom is 0.143 e. The highest BCUT2D eigenvalue weighted by Crippen LogP contribution is 2.35. The Kier molecular flexibility index (Phi) is 3.79. The molecule has 2 rings (SSSR count). The van der Waals surface area contributed by atoms with Gasteiger partial charge in [0.25, 0.3) is 0 Å². The van der Waals surface area contributed by atoms with E-state index < -0.39 is 0 Å². The highest BCUT2D eigenvalue weighted by atomic mass is 35.5. The number of methoxy groups -OCH3 is 1. The third kappa shape index (κ3) is 2.67. The lowest BCUT2D eigenvalue weighted by molar-refractivity contribution is 0.154. The lowest BCUT2D eigenvalue weighted by Crippen LogP contribution is -2.38. The zero-order valence-corrected chi connectivity index (χ0v) is 11.0. The number of hydrogen-bond acceptors (Lipinski definition) is 3. The SMILES string of the molecule is COc1cc(Cl)c(C)cc1N1CCCC(O)C1. The molecule has 1 heterocycles. The minimum absolute atomic E-state index is 0.246. The second-order valence-electron chi connectivity index (χ2n) is 4.52. The molecule has 1 unspecified atom stereocenters. The van der Waals surface area contributed by atoms with Crippen LogP contribution in [0.5, 0.6) is 5.75 Å². The predicted molar refractivity (Wildman–Crippen MR) is 70.2 cm³/mol. The molecule has 1 N–H and O–H groups in total. The first-order chi connectivity index (χ1) is 8.11. The topological polar surface area (TPSA) is 32.7 Å². The summed E-state index contributed by atoms with van der Waals surface area (Å²) in [4.78, 5) is 2.16. The quantitative estimate of drug-likeness (QED) is 0.882. The first kappa shape index (κ1) is 12.5. The van der Waals surface area contributed by atoms with Crippen LogP contribution in [0.25, 0.3) is 0 Å². The molecule has 1 aromatic carbocycles. The summed E-state index contributed by atoms with van der Waals surface area (Å²) < 4.78 is 5.36. The summed E-state index contributed by atoms with van der Waals surface area (Å²) in [5.41, 5.74) is 2.05. The lowest BCUT2D eigenvalue weighted by Gasteiger charge is -2.33. The Labute approximate surface area is 107 Å². The van der Waals surface area contributed by atoms with Crippen molar-refractivity contribution in [2.75, 3.05) is 25.1 Å². The Balaban J connectivity index is 2.33. The number of piperidine rings is 1. The van der Waals surface area contributed by atoms with Gasteiger partial charge in [0, 0.05) is 24.2 Å². The smallest absolute Gasteiger partial charge is 0.143 e. The minimum Gasteiger partial charge on any atom is -0.495 e. The number of β-amino-alcohol motifs (C(OH)–C–C–N with tert-alkyl or cyclic N) is 1. The van der Waals surface area contributed by atoms with E-state index in [1.807, 2.05) is 19.1 Å². The molecule has 1 aromatic rings. The molecule has 17 heavy (non-hydrogen) atoms. The third-order valence-corrected chi connectivity index (χ3v) is 3.60. The molecular formula is C13H18ClNO2. The Hall–Kier alpha value is -0.930. The van der Waals surface area contributed by atoms with Gasteiger partial charge in [-0.2, -0.15) is 0 Å². The molecule has 0 aliphatic carbocycles. The maximum absolute atomic E-state index is 9.72. The first-order valence-corrected chi connectivity index (χ1v) is 6.26. The van der Waals surface area contributed by atoms with E-state index in [4.69, 9.17) is 16.3 Å². The van der Waals surface area contributed by atoms with Crippen molar-refractivity contribution < 1.29 is 9.84 Å². The summed E-state index contributed by atoms with van der Waals surface area (Å²) in [6.07, 6.45) is 1.64. The summed E-state index contributed by atoms with van der Waals surface area (Å²) in [6, 6.07) is 3.87. The second-order valence-corrected chi connectivity index (χ2v) is 4.92. The van der Waals surface area contributed by atoms with Gasteiger partial charge in [-0.15, -0.1) is 0 Å². The number of aliphatic hydroxyl groups is 1. The zero-order valence-electron chi connectivity index (χ0n) is 10.2. The van der Waals surface area contributed by atoms with Gasteiger partial charge in [-0.3, -0.25) is 0 Å². The molecule has 0 amide bonds. The predicted octanol–water partition coefficient (Wildman–Crippen LogP) is 2.62. The molecule has 94 valence electrons. The van der Waals surface area contributed by atoms with Gasteiger partial charge >= 0.3 is 0 Å². The standard InChI is InChI=1S/C13H18ClNO2/c1-9-6-12(13(17-2)7-11(9)14)15-5-3-4-10(16)8-15/h6-7,10,16H,3-5,8H2,1-2H3. The van der Waals surface area contributed by atoms with Crippen molar-refractivity contribution in [2.45, 2.75) is 25.9 Å². The first-order valence-electron chi connectivity index (χ1n) is 5.89. The van der Waals surface area contributed by atoms with Crippen molar-refractivity contribution in [3.63, 3.8) is 0 Å². The number of nitrogens with zero attached hydrogens (tertiary/aromatic N) is 1. The molecule has 0 aromatic heterocycles. The third-order valence-electron chi connectivity index (χ3n) is 3.20. The van der Waals surface area contributed by atoms with Crippen molar-refractivity contribution in [1.82, 2.24) is 0 Å². The zero-order chi connectivity index (χ0) is 12.4. The number of halogens is 1. The minimum atomic E-state index is -0.246. The second kappa shape index (κ2) is 5.15. The van der Waals surface area contributed by atoms with Gasteiger partial charge in [-0.25, -0.2) is 0 Å². The van der Waals surface area contributed by atoms with Gasteiger partial charge in [0.15, 0.2) is 0 Å². The van der Waals surface area contributed by atoms with E-state index in [0.717, 1.165) is 36.4 Å². The Bertz CT molecular complexity index is 409. The van der Waals surface area contributed by atoms with E-state index >= 15 is 0 Å². The summed E-state index contributed by atoms with van der Waals surface area (Å²) in [5.74, 6) is 0.773. The van der Waals surface area contributed by atoms with Gasteiger partial charge in [-0.1, -0.05) is 11.6 Å². The number of anilines is 1. The maximum atomic E-state index is 9.72. The molecule has 3 nitrogen and oxygen atoms in total. The number of hydrogen-bond donors (Lipinski definition) is 1. The van der Waals surface area contributed by atoms with E-state index in [0.29, 0.717) is 11.6 Å². The average Bonchev–Trinajstić information content (AvgIpc) is 2.32. The number of benzene rings is 1. The monoisotopic (exact) mass is 255 g/mol. The van der Waals surface area contributed by atoms with Crippen LogP contribution in [0.2, 0.25) is 5.02 Å². The van der Waals surface area contributed by atoms with Gasteiger partial charge in [0.1, 0.15) is 5.75 Å². The van der Waals surface area contributed by atoms with Gasteiger partial charge in [-0.05, 0) is 31.4 Å². The highest BCUT2D eigenvalue weighted by Gasteiger charge is 2.21. The molecule has 1 atom stereocenters. The Morgan fingerprint density at radius 1 is 1.47 bits per heavy atom. The lowest BCUT2D eigenvalue weighted by atomic mass is 10.1. The van der Waals surface area contributed by atoms with Crippen LogP contribution in [0.3, 0.4) is 0 Å². The molecule has 0 saturated carbocycles. The van der Waals surface area contributed by atoms with Crippen LogP contribution >= 0.6 is 11.6 Å². The van der Waals surface area contributed by atoms with E-state index in [1.54, 1.807) is 7.11 Å². The van der Waals surface area contributed by atoms with Gasteiger partial charge in [0.05, 0.1) is 18.9 Å². The number of rotatable bonds is 2. The summed E-state index contributed by atoms with van der Waals surface area (Å²) in [5, 5.41) is 10.4. The van der Waals surface area contributed by atoms with Crippen LogP contribution in [0.1, 0.15) is 18.4 Å². The van der Waals surface area contributed by atoms with Crippen molar-refractivity contribution in [3.8, 4) is 5.75 Å². The van der Waals surface area contributed by atoms with Gasteiger partial charge in [0.2, 0.25) is 0 Å². The highest BCUT2D eigenvalue weighted by molar-refractivity contribution is 6.31. The molecule has 1 aliphatic rings. The van der Waals surface area contributed by atoms with Crippen molar-refractivity contribution >= 4 is 17.3 Å². The van der Waals surface area contributed by atoms with Crippen molar-refractivity contribution in [1.29, 1.82) is 0 Å². The van der Waals surface area contributed by atoms with Crippen molar-refractivity contribution in [3.05, 3.63) is 22.7 Å². The van der Waals surface area contributed by atoms with Gasteiger partial charge < -0.3 is 14.7 Å². The molecule has 0 bridgehead atoms. The van der Waals surface area contributed by atoms with Crippen LogP contribution in [0.15, 0.2) is 12.1 Å². The summed E-state index contributed by atoms with van der Waals surface area (Å²) >= 11 is 6.08. The van der Waals surface area contributed by atoms with Crippen LogP contribution in [-0.4, -0.2) is 31.4 Å².